The van der Waals surface area contributed by atoms with Crippen molar-refractivity contribution < 1.29 is 28.7 Å². The van der Waals surface area contributed by atoms with E-state index in [1.165, 1.54) is 11.8 Å². The smallest absolute Gasteiger partial charge is 0.286 e. The number of oxime groups is 1. The van der Waals surface area contributed by atoms with E-state index in [0.29, 0.717) is 16.8 Å². The van der Waals surface area contributed by atoms with E-state index >= 15 is 0 Å². The van der Waals surface area contributed by atoms with Crippen molar-refractivity contribution in [2.24, 2.45) is 5.16 Å². The predicted octanol–water partition coefficient (Wildman–Crippen LogP) is -2.12. The van der Waals surface area contributed by atoms with Crippen LogP contribution in [0.15, 0.2) is 47.1 Å². The largest absolute Gasteiger partial charge is 0.543 e. The van der Waals surface area contributed by atoms with Gasteiger partial charge in [-0.3, -0.25) is 14.5 Å². The fourth-order valence-corrected chi connectivity index (χ4v) is 5.92. The summed E-state index contributed by atoms with van der Waals surface area (Å²) in [4.78, 5) is 48.0. The monoisotopic (exact) mass is 564 g/mol. The standard InChI is InChI=1S/C22H16N10O5S2/c23-3-6-37-28-14(17-27-22(25)39-29-17)18(33)26-15-19(34)32-16(21(35)36)12(10-38-20(15)32)9-31-5-4-30-8-11(7-24)1-2-13(30)31/h1-2,4-5,8,15,20H,6,9-10H2,(H3-,25,26,27,29,33,35,36)/b28-14-/t15-,20+/m1/s1. The average molecular weight is 565 g/mol. The number of hydrogen-bond acceptors (Lipinski definition) is 13. The number of nitriles is 2. The summed E-state index contributed by atoms with van der Waals surface area (Å²) in [7, 11) is 0. The third-order valence-corrected chi connectivity index (χ3v) is 7.71. The SMILES string of the molecule is N#CCO/N=C(\C(=O)N[C@@H]1C(=O)N2C(C(=O)[O-])=C(Cn3cc[n+]4cc(C#N)ccc34)CS[C@@H]12)c1nsc(N)n1. The molecule has 3 aromatic rings. The van der Waals surface area contributed by atoms with Crippen LogP contribution in [0.4, 0.5) is 5.13 Å². The number of carboxylic acid groups (broad SMARTS) is 1. The molecule has 5 rings (SSSR count). The lowest BCUT2D eigenvalue weighted by atomic mass is 10.0. The van der Waals surface area contributed by atoms with E-state index < -0.39 is 41.5 Å². The molecule has 3 aromatic heterocycles. The second-order valence-electron chi connectivity index (χ2n) is 8.15. The molecule has 0 aromatic carbocycles. The van der Waals surface area contributed by atoms with Gasteiger partial charge in [0.25, 0.3) is 17.5 Å². The summed E-state index contributed by atoms with van der Waals surface area (Å²) < 4.78 is 7.45. The number of nitrogens with zero attached hydrogens (tertiary/aromatic N) is 8. The average Bonchev–Trinajstić information content (AvgIpc) is 3.54. The van der Waals surface area contributed by atoms with Crippen LogP contribution in [0.2, 0.25) is 0 Å². The topological polar surface area (TPSA) is 220 Å². The Morgan fingerprint density at radius 3 is 2.90 bits per heavy atom. The number of carbonyl (C=O) groups excluding carboxylic acids is 3. The van der Waals surface area contributed by atoms with E-state index in [1.807, 2.05) is 0 Å². The first-order valence-electron chi connectivity index (χ1n) is 11.1. The number of aromatic nitrogens is 4. The number of nitrogens with one attached hydrogen (secondary N) is 1. The molecule has 0 aliphatic carbocycles. The first kappa shape index (κ1) is 25.6. The molecule has 2 atom stereocenters. The summed E-state index contributed by atoms with van der Waals surface area (Å²) in [5.74, 6) is -2.92. The number of carbonyl (C=O) groups is 3. The summed E-state index contributed by atoms with van der Waals surface area (Å²) in [6.45, 7) is -0.279. The molecular weight excluding hydrogens is 548 g/mol. The van der Waals surface area contributed by atoms with Crippen molar-refractivity contribution in [3.63, 3.8) is 0 Å². The van der Waals surface area contributed by atoms with Crippen molar-refractivity contribution in [3.05, 3.63) is 53.4 Å². The quantitative estimate of drug-likeness (QED) is 0.0990. The molecule has 2 aliphatic heterocycles. The van der Waals surface area contributed by atoms with Crippen molar-refractivity contribution in [1.29, 1.82) is 10.5 Å². The number of β-lactam (4-membered cyclic amide) rings is 1. The number of carboxylic acids is 1. The van der Waals surface area contributed by atoms with Crippen LogP contribution in [0.3, 0.4) is 0 Å². The van der Waals surface area contributed by atoms with Gasteiger partial charge >= 0.3 is 0 Å². The lowest BCUT2D eigenvalue weighted by Gasteiger charge is -2.50. The molecule has 0 unspecified atom stereocenters. The highest BCUT2D eigenvalue weighted by Gasteiger charge is 2.53. The highest BCUT2D eigenvalue weighted by atomic mass is 32.2. The number of pyridine rings is 1. The van der Waals surface area contributed by atoms with Crippen molar-refractivity contribution >= 4 is 57.6 Å². The maximum absolute atomic E-state index is 13.1. The van der Waals surface area contributed by atoms with Crippen LogP contribution in [-0.4, -0.2) is 66.1 Å². The highest BCUT2D eigenvalue weighted by Crippen LogP contribution is 2.40. The van der Waals surface area contributed by atoms with Crippen molar-refractivity contribution in [3.8, 4) is 12.1 Å². The third-order valence-electron chi connectivity index (χ3n) is 5.83. The lowest BCUT2D eigenvalue weighted by molar-refractivity contribution is -0.510. The second kappa shape index (κ2) is 10.4. The van der Waals surface area contributed by atoms with Crippen LogP contribution in [0.25, 0.3) is 5.65 Å². The van der Waals surface area contributed by atoms with Gasteiger partial charge in [0.15, 0.2) is 5.13 Å². The lowest BCUT2D eigenvalue weighted by Crippen LogP contribution is -2.71. The molecule has 196 valence electrons. The van der Waals surface area contributed by atoms with Crippen molar-refractivity contribution in [1.82, 2.24) is 24.1 Å². The Kier molecular flexibility index (Phi) is 6.84. The predicted molar refractivity (Wildman–Crippen MR) is 132 cm³/mol. The fraction of sp³-hybridized carbons (Fsp3) is 0.227. The molecule has 2 aliphatic rings. The number of nitrogens with two attached hydrogens (primary N) is 1. The van der Waals surface area contributed by atoms with Gasteiger partial charge in [0.05, 0.1) is 17.2 Å². The number of anilines is 1. The molecule has 1 fully saturated rings. The summed E-state index contributed by atoms with van der Waals surface area (Å²) in [6, 6.07) is 6.09. The number of rotatable bonds is 8. The van der Waals surface area contributed by atoms with Gasteiger partial charge in [0.2, 0.25) is 18.1 Å². The molecular formula is C22H16N10O5S2. The Morgan fingerprint density at radius 2 is 2.21 bits per heavy atom. The molecule has 2 amide bonds. The zero-order valence-corrected chi connectivity index (χ0v) is 21.3. The molecule has 17 heteroatoms. The summed E-state index contributed by atoms with van der Waals surface area (Å²) in [6.07, 6.45) is 5.12. The van der Waals surface area contributed by atoms with Gasteiger partial charge in [0.1, 0.15) is 48.7 Å². The van der Waals surface area contributed by atoms with Crippen LogP contribution in [-0.2, 0) is 25.8 Å². The minimum atomic E-state index is -1.52. The van der Waals surface area contributed by atoms with Gasteiger partial charge in [0, 0.05) is 28.9 Å². The van der Waals surface area contributed by atoms with E-state index in [1.54, 1.807) is 45.8 Å². The minimum absolute atomic E-state index is 0.0650. The summed E-state index contributed by atoms with van der Waals surface area (Å²) in [5, 5.41) is 35.4. The molecule has 0 radical (unpaired) electrons. The number of thioether (sulfide) groups is 1. The number of nitrogen functional groups attached to an aromatic ring is 1. The van der Waals surface area contributed by atoms with Gasteiger partial charge < -0.3 is 25.8 Å². The van der Waals surface area contributed by atoms with Gasteiger partial charge in [-0.2, -0.15) is 19.9 Å². The first-order valence-corrected chi connectivity index (χ1v) is 12.9. The van der Waals surface area contributed by atoms with E-state index in [4.69, 9.17) is 21.1 Å². The maximum atomic E-state index is 13.1. The minimum Gasteiger partial charge on any atom is -0.543 e. The van der Waals surface area contributed by atoms with Gasteiger partial charge in [-0.1, -0.05) is 5.16 Å². The van der Waals surface area contributed by atoms with E-state index in [0.717, 1.165) is 16.4 Å². The normalized spacial score (nSPS) is 18.7. The van der Waals surface area contributed by atoms with Gasteiger partial charge in [-0.05, 0) is 6.07 Å². The Balaban J connectivity index is 1.36. The van der Waals surface area contributed by atoms with Gasteiger partial charge in [-0.15, -0.1) is 11.8 Å². The third kappa shape index (κ3) is 4.72. The number of fused-ring (bicyclic) bond motifs is 2. The Bertz CT molecular complexity index is 1660. The molecule has 5 heterocycles. The Labute approximate surface area is 227 Å². The van der Waals surface area contributed by atoms with Crippen LogP contribution in [0.1, 0.15) is 11.4 Å². The van der Waals surface area contributed by atoms with E-state index in [9.17, 15) is 19.5 Å². The Morgan fingerprint density at radius 1 is 1.38 bits per heavy atom. The van der Waals surface area contributed by atoms with E-state index in [2.05, 4.69) is 25.9 Å². The number of hydrogen-bond donors (Lipinski definition) is 2. The number of amides is 2. The van der Waals surface area contributed by atoms with Crippen LogP contribution in [0.5, 0.6) is 0 Å². The van der Waals surface area contributed by atoms with E-state index in [-0.39, 0.29) is 29.0 Å². The fourth-order valence-electron chi connectivity index (χ4n) is 4.15. The van der Waals surface area contributed by atoms with Crippen LogP contribution < -0.4 is 20.6 Å². The molecule has 1 saturated heterocycles. The summed E-state index contributed by atoms with van der Waals surface area (Å²) in [5.41, 5.74) is 6.57. The van der Waals surface area contributed by atoms with Crippen molar-refractivity contribution in [2.45, 2.75) is 18.0 Å². The molecule has 3 N–H and O–H groups in total. The van der Waals surface area contributed by atoms with Crippen LogP contribution in [0, 0.1) is 22.7 Å². The zero-order chi connectivity index (χ0) is 27.7. The van der Waals surface area contributed by atoms with Crippen molar-refractivity contribution in [2.75, 3.05) is 18.1 Å². The Hall–Kier alpha value is -5.00. The first-order chi connectivity index (χ1) is 18.8. The maximum Gasteiger partial charge on any atom is 0.286 e. The molecule has 0 spiro atoms. The number of imidazole rings is 1. The highest BCUT2D eigenvalue weighted by molar-refractivity contribution is 8.00. The number of aliphatic carboxylic acids is 1. The zero-order valence-electron chi connectivity index (χ0n) is 19.7. The molecule has 15 nitrogen and oxygen atoms in total. The van der Waals surface area contributed by atoms with Crippen LogP contribution >= 0.6 is 23.3 Å². The molecule has 39 heavy (non-hydrogen) atoms. The summed E-state index contributed by atoms with van der Waals surface area (Å²) >= 11 is 2.09. The molecule has 0 bridgehead atoms. The second-order valence-corrected chi connectivity index (χ2v) is 10.0. The van der Waals surface area contributed by atoms with Gasteiger partial charge in [-0.25, -0.2) is 8.97 Å². The molecule has 0 saturated carbocycles.